The minimum absolute atomic E-state index is 0.220. The maximum Gasteiger partial charge on any atom is 0.231 e. The van der Waals surface area contributed by atoms with Gasteiger partial charge in [-0.2, -0.15) is 0 Å². The molecule has 1 unspecified atom stereocenters. The minimum atomic E-state index is 0.220. The molecule has 1 saturated heterocycles. The van der Waals surface area contributed by atoms with Crippen LogP contribution in [0.4, 0.5) is 0 Å². The zero-order valence-electron chi connectivity index (χ0n) is 15.6. The lowest BCUT2D eigenvalue weighted by molar-refractivity contribution is 0.0506. The number of nitrogens with zero attached hydrogens (tertiary/aromatic N) is 2. The van der Waals surface area contributed by atoms with Gasteiger partial charge < -0.3 is 19.3 Å². The van der Waals surface area contributed by atoms with Gasteiger partial charge in [0.1, 0.15) is 0 Å². The van der Waals surface area contributed by atoms with Crippen LogP contribution in [0.1, 0.15) is 16.9 Å². The number of ether oxygens (including phenoxy) is 3. The molecule has 0 amide bonds. The number of hydrogen-bond donors (Lipinski definition) is 1. The number of aliphatic hydroxyl groups excluding tert-OH is 1. The Morgan fingerprint density at radius 1 is 1.26 bits per heavy atom. The molecule has 3 heterocycles. The summed E-state index contributed by atoms with van der Waals surface area (Å²) in [5, 5.41) is 11.6. The molecule has 4 rings (SSSR count). The predicted molar refractivity (Wildman–Crippen MR) is 105 cm³/mol. The highest BCUT2D eigenvalue weighted by atomic mass is 32.1. The Morgan fingerprint density at radius 2 is 2.19 bits per heavy atom. The monoisotopic (exact) mass is 390 g/mol. The summed E-state index contributed by atoms with van der Waals surface area (Å²) < 4.78 is 16.5. The highest BCUT2D eigenvalue weighted by molar-refractivity contribution is 7.09. The zero-order chi connectivity index (χ0) is 18.6. The molecule has 2 aliphatic heterocycles. The van der Waals surface area contributed by atoms with Crippen molar-refractivity contribution in [3.05, 3.63) is 40.1 Å². The number of fused-ring (bicyclic) bond motifs is 1. The van der Waals surface area contributed by atoms with Crippen LogP contribution >= 0.6 is 11.3 Å². The lowest BCUT2D eigenvalue weighted by Crippen LogP contribution is -2.52. The minimum Gasteiger partial charge on any atom is -0.493 e. The van der Waals surface area contributed by atoms with Crippen LogP contribution in [-0.4, -0.2) is 61.1 Å². The van der Waals surface area contributed by atoms with E-state index in [-0.39, 0.29) is 13.4 Å². The number of rotatable bonds is 7. The van der Waals surface area contributed by atoms with Crippen molar-refractivity contribution in [3.63, 3.8) is 0 Å². The zero-order valence-corrected chi connectivity index (χ0v) is 16.4. The van der Waals surface area contributed by atoms with E-state index >= 15 is 0 Å². The molecular weight excluding hydrogens is 364 g/mol. The third-order valence-corrected chi connectivity index (χ3v) is 6.08. The van der Waals surface area contributed by atoms with E-state index in [1.54, 1.807) is 18.4 Å². The van der Waals surface area contributed by atoms with Crippen molar-refractivity contribution in [3.8, 4) is 17.2 Å². The molecule has 1 N–H and O–H groups in total. The molecule has 1 atom stereocenters. The van der Waals surface area contributed by atoms with Crippen LogP contribution < -0.4 is 14.2 Å². The molecule has 146 valence electrons. The highest BCUT2D eigenvalue weighted by Crippen LogP contribution is 2.42. The van der Waals surface area contributed by atoms with Gasteiger partial charge in [0.15, 0.2) is 11.5 Å². The van der Waals surface area contributed by atoms with Gasteiger partial charge in [0.2, 0.25) is 12.5 Å². The first-order chi connectivity index (χ1) is 13.3. The van der Waals surface area contributed by atoms with Gasteiger partial charge in [-0.15, -0.1) is 11.3 Å². The predicted octanol–water partition coefficient (Wildman–Crippen LogP) is 2.55. The lowest BCUT2D eigenvalue weighted by atomic mass is 10.1. The lowest BCUT2D eigenvalue weighted by Gasteiger charge is -2.41. The van der Waals surface area contributed by atoms with E-state index < -0.39 is 0 Å². The molecule has 6 nitrogen and oxygen atoms in total. The average molecular weight is 391 g/mol. The van der Waals surface area contributed by atoms with Crippen LogP contribution in [0.5, 0.6) is 17.2 Å². The third kappa shape index (κ3) is 4.21. The standard InChI is InChI=1S/C20H26N2O4S/c1-24-18-9-15(10-19-20(18)26-14-25-19)11-21-5-6-22(16(12-21)4-7-23)13-17-3-2-8-27-17/h2-3,8-10,16,23H,4-7,11-14H2,1H3. The van der Waals surface area contributed by atoms with E-state index in [4.69, 9.17) is 14.2 Å². The van der Waals surface area contributed by atoms with Crippen LogP contribution in [-0.2, 0) is 13.1 Å². The van der Waals surface area contributed by atoms with E-state index in [2.05, 4.69) is 27.3 Å². The Kier molecular flexibility index (Phi) is 5.83. The Hall–Kier alpha value is -1.80. The second-order valence-electron chi connectivity index (χ2n) is 6.98. The van der Waals surface area contributed by atoms with Gasteiger partial charge in [-0.25, -0.2) is 0 Å². The van der Waals surface area contributed by atoms with E-state index in [1.807, 2.05) is 12.1 Å². The van der Waals surface area contributed by atoms with Crippen LogP contribution in [0.3, 0.4) is 0 Å². The second kappa shape index (κ2) is 8.48. The topological polar surface area (TPSA) is 54.4 Å². The highest BCUT2D eigenvalue weighted by Gasteiger charge is 2.28. The van der Waals surface area contributed by atoms with Crippen LogP contribution in [0.25, 0.3) is 0 Å². The first-order valence-electron chi connectivity index (χ1n) is 9.33. The Labute approximate surface area is 163 Å². The van der Waals surface area contributed by atoms with Gasteiger partial charge >= 0.3 is 0 Å². The van der Waals surface area contributed by atoms with Gasteiger partial charge in [0.05, 0.1) is 7.11 Å². The fourth-order valence-corrected chi connectivity index (χ4v) is 4.60. The van der Waals surface area contributed by atoms with Crippen molar-refractivity contribution in [2.24, 2.45) is 0 Å². The Balaban J connectivity index is 1.43. The second-order valence-corrected chi connectivity index (χ2v) is 8.02. The molecule has 0 saturated carbocycles. The summed E-state index contributed by atoms with van der Waals surface area (Å²) in [5.41, 5.74) is 1.16. The number of hydrogen-bond acceptors (Lipinski definition) is 7. The summed E-state index contributed by atoms with van der Waals surface area (Å²) in [6.07, 6.45) is 0.798. The Bertz CT molecular complexity index is 753. The summed E-state index contributed by atoms with van der Waals surface area (Å²) >= 11 is 1.80. The summed E-state index contributed by atoms with van der Waals surface area (Å²) in [6, 6.07) is 8.73. The molecule has 0 aliphatic carbocycles. The molecule has 1 aromatic carbocycles. The van der Waals surface area contributed by atoms with Crippen molar-refractivity contribution < 1.29 is 19.3 Å². The summed E-state index contributed by atoms with van der Waals surface area (Å²) in [7, 11) is 1.65. The molecule has 2 aromatic rings. The first kappa shape index (κ1) is 18.6. The van der Waals surface area contributed by atoms with Gasteiger partial charge in [0.25, 0.3) is 0 Å². The molecule has 27 heavy (non-hydrogen) atoms. The molecule has 1 fully saturated rings. The quantitative estimate of drug-likeness (QED) is 0.784. The molecule has 0 bridgehead atoms. The molecular formula is C20H26N2O4S. The van der Waals surface area contributed by atoms with E-state index in [0.29, 0.717) is 11.8 Å². The molecule has 0 radical (unpaired) electrons. The van der Waals surface area contributed by atoms with Gasteiger partial charge in [-0.3, -0.25) is 9.80 Å². The van der Waals surface area contributed by atoms with Crippen molar-refractivity contribution in [1.82, 2.24) is 9.80 Å². The maximum atomic E-state index is 9.52. The molecule has 7 heteroatoms. The SMILES string of the molecule is COc1cc(CN2CCN(Cc3cccs3)C(CCO)C2)cc2c1OCO2. The first-order valence-corrected chi connectivity index (χ1v) is 10.2. The average Bonchev–Trinajstić information content (AvgIpc) is 3.35. The number of benzene rings is 1. The molecule has 0 spiro atoms. The smallest absolute Gasteiger partial charge is 0.231 e. The van der Waals surface area contributed by atoms with Crippen molar-refractivity contribution in [2.75, 3.05) is 40.1 Å². The third-order valence-electron chi connectivity index (χ3n) is 5.21. The number of aliphatic hydroxyl groups is 1. The maximum absolute atomic E-state index is 9.52. The van der Waals surface area contributed by atoms with Crippen molar-refractivity contribution in [1.29, 1.82) is 0 Å². The van der Waals surface area contributed by atoms with Crippen molar-refractivity contribution in [2.45, 2.75) is 25.6 Å². The summed E-state index contributed by atoms with van der Waals surface area (Å²) in [6.45, 7) is 5.22. The molecule has 1 aromatic heterocycles. The molecule has 2 aliphatic rings. The van der Waals surface area contributed by atoms with Crippen LogP contribution in [0.2, 0.25) is 0 Å². The fraction of sp³-hybridized carbons (Fsp3) is 0.500. The van der Waals surface area contributed by atoms with Crippen LogP contribution in [0.15, 0.2) is 29.6 Å². The van der Waals surface area contributed by atoms with Crippen molar-refractivity contribution >= 4 is 11.3 Å². The largest absolute Gasteiger partial charge is 0.493 e. The normalized spacial score (nSPS) is 20.1. The number of thiophene rings is 1. The van der Waals surface area contributed by atoms with Gasteiger partial charge in [0, 0.05) is 50.2 Å². The van der Waals surface area contributed by atoms with E-state index in [0.717, 1.165) is 56.2 Å². The Morgan fingerprint density at radius 3 is 2.96 bits per heavy atom. The van der Waals surface area contributed by atoms with Gasteiger partial charge in [-0.05, 0) is 35.6 Å². The number of piperazine rings is 1. The van der Waals surface area contributed by atoms with Gasteiger partial charge in [-0.1, -0.05) is 6.07 Å². The van der Waals surface area contributed by atoms with E-state index in [9.17, 15) is 5.11 Å². The fourth-order valence-electron chi connectivity index (χ4n) is 3.87. The summed E-state index contributed by atoms with van der Waals surface area (Å²) in [4.78, 5) is 6.33. The van der Waals surface area contributed by atoms with Crippen LogP contribution in [0, 0.1) is 0 Å². The number of methoxy groups -OCH3 is 1. The summed E-state index contributed by atoms with van der Waals surface area (Å²) in [5.74, 6) is 2.18. The van der Waals surface area contributed by atoms with E-state index in [1.165, 1.54) is 4.88 Å².